The van der Waals surface area contributed by atoms with Crippen molar-refractivity contribution >= 4 is 11.9 Å². The summed E-state index contributed by atoms with van der Waals surface area (Å²) >= 11 is 0. The number of aliphatic imine (C=N–C) groups is 1. The van der Waals surface area contributed by atoms with Gasteiger partial charge in [-0.25, -0.2) is 0 Å². The Morgan fingerprint density at radius 1 is 1.27 bits per heavy atom. The van der Waals surface area contributed by atoms with Crippen LogP contribution in [0.3, 0.4) is 0 Å². The van der Waals surface area contributed by atoms with Gasteiger partial charge in [0, 0.05) is 45.3 Å². The van der Waals surface area contributed by atoms with Gasteiger partial charge in [-0.3, -0.25) is 14.7 Å². The van der Waals surface area contributed by atoms with E-state index in [1.54, 1.807) is 12.1 Å². The predicted molar refractivity (Wildman–Crippen MR) is 105 cm³/mol. The number of rotatable bonds is 7. The summed E-state index contributed by atoms with van der Waals surface area (Å²) in [7, 11) is 0. The lowest BCUT2D eigenvalue weighted by atomic mass is 10.3. The first-order valence-corrected chi connectivity index (χ1v) is 9.66. The Hall–Kier alpha value is -2.02. The highest BCUT2D eigenvalue weighted by Crippen LogP contribution is 2.09. The summed E-state index contributed by atoms with van der Waals surface area (Å²) in [5.41, 5.74) is 0. The molecule has 1 aliphatic rings. The fraction of sp³-hybridized carbons (Fsp3) is 0.684. The molecule has 1 saturated heterocycles. The molecule has 0 bridgehead atoms. The number of carbonyl (C=O) groups excluding carboxylic acids is 1. The highest BCUT2D eigenvalue weighted by Gasteiger charge is 2.25. The van der Waals surface area contributed by atoms with E-state index in [-0.39, 0.29) is 5.91 Å². The van der Waals surface area contributed by atoms with Crippen LogP contribution in [0.5, 0.6) is 0 Å². The number of nitrogens with zero attached hydrogens (tertiary/aromatic N) is 4. The Balaban J connectivity index is 1.88. The average Bonchev–Trinajstić information content (AvgIpc) is 3.18. The molecule has 7 heteroatoms. The number of piperazine rings is 1. The lowest BCUT2D eigenvalue weighted by Crippen LogP contribution is -2.53. The van der Waals surface area contributed by atoms with Crippen LogP contribution in [-0.2, 0) is 0 Å². The van der Waals surface area contributed by atoms with Crippen molar-refractivity contribution in [3.63, 3.8) is 0 Å². The third-order valence-electron chi connectivity index (χ3n) is 4.72. The fourth-order valence-electron chi connectivity index (χ4n) is 3.17. The lowest BCUT2D eigenvalue weighted by molar-refractivity contribution is 0.0657. The van der Waals surface area contributed by atoms with Crippen LogP contribution in [0.2, 0.25) is 0 Å². The summed E-state index contributed by atoms with van der Waals surface area (Å²) in [6.45, 7) is 15.2. The molecule has 146 valence electrons. The first kappa shape index (κ1) is 20.3. The van der Waals surface area contributed by atoms with Gasteiger partial charge in [0.2, 0.25) is 0 Å². The Kier molecular flexibility index (Phi) is 7.97. The molecule has 1 aromatic rings. The number of hydrogen-bond acceptors (Lipinski definition) is 4. The number of nitrogens with one attached hydrogen (secondary N) is 1. The number of furan rings is 1. The predicted octanol–water partition coefficient (Wildman–Crippen LogP) is 1.73. The average molecular weight is 364 g/mol. The van der Waals surface area contributed by atoms with Gasteiger partial charge in [-0.2, -0.15) is 0 Å². The van der Waals surface area contributed by atoms with Crippen molar-refractivity contribution in [1.29, 1.82) is 0 Å². The smallest absolute Gasteiger partial charge is 0.289 e. The Morgan fingerprint density at radius 3 is 2.50 bits per heavy atom. The topological polar surface area (TPSA) is 64.3 Å². The summed E-state index contributed by atoms with van der Waals surface area (Å²) in [6, 6.07) is 4.00. The quantitative estimate of drug-likeness (QED) is 0.590. The van der Waals surface area contributed by atoms with E-state index in [0.717, 1.165) is 45.2 Å². The zero-order chi connectivity index (χ0) is 18.9. The first-order valence-electron chi connectivity index (χ1n) is 9.66. The van der Waals surface area contributed by atoms with Gasteiger partial charge < -0.3 is 19.5 Å². The van der Waals surface area contributed by atoms with Crippen LogP contribution < -0.4 is 5.32 Å². The van der Waals surface area contributed by atoms with Crippen molar-refractivity contribution in [3.05, 3.63) is 24.2 Å². The molecule has 1 fully saturated rings. The largest absolute Gasteiger partial charge is 0.459 e. The van der Waals surface area contributed by atoms with E-state index in [4.69, 9.17) is 9.41 Å². The molecule has 0 atom stereocenters. The molecule has 0 aromatic carbocycles. The second-order valence-corrected chi connectivity index (χ2v) is 6.71. The van der Waals surface area contributed by atoms with Crippen molar-refractivity contribution in [2.75, 3.05) is 52.4 Å². The van der Waals surface area contributed by atoms with Gasteiger partial charge in [-0.15, -0.1) is 0 Å². The molecule has 1 aliphatic heterocycles. The minimum absolute atomic E-state index is 0.0351. The van der Waals surface area contributed by atoms with Crippen LogP contribution in [0, 0.1) is 0 Å². The Bertz CT molecular complexity index is 562. The maximum Gasteiger partial charge on any atom is 0.289 e. The molecular formula is C19H33N5O2. The molecule has 0 unspecified atom stereocenters. The normalized spacial score (nSPS) is 15.8. The molecule has 1 amide bonds. The maximum atomic E-state index is 12.4. The summed E-state index contributed by atoms with van der Waals surface area (Å²) in [5.74, 6) is 1.32. The minimum atomic E-state index is -0.0351. The van der Waals surface area contributed by atoms with E-state index in [1.165, 1.54) is 6.26 Å². The van der Waals surface area contributed by atoms with E-state index in [0.29, 0.717) is 24.9 Å². The molecule has 1 aromatic heterocycles. The summed E-state index contributed by atoms with van der Waals surface area (Å²) in [4.78, 5) is 23.7. The van der Waals surface area contributed by atoms with Crippen molar-refractivity contribution in [3.8, 4) is 0 Å². The van der Waals surface area contributed by atoms with Crippen LogP contribution in [0.15, 0.2) is 27.8 Å². The highest BCUT2D eigenvalue weighted by molar-refractivity contribution is 5.91. The van der Waals surface area contributed by atoms with Gasteiger partial charge >= 0.3 is 0 Å². The second-order valence-electron chi connectivity index (χ2n) is 6.71. The Morgan fingerprint density at radius 2 is 1.96 bits per heavy atom. The molecule has 0 spiro atoms. The summed E-state index contributed by atoms with van der Waals surface area (Å²) in [6.07, 6.45) is 1.54. The van der Waals surface area contributed by atoms with Crippen LogP contribution in [0.4, 0.5) is 0 Å². The highest BCUT2D eigenvalue weighted by atomic mass is 16.3. The molecular weight excluding hydrogens is 330 g/mol. The monoisotopic (exact) mass is 363 g/mol. The molecule has 2 heterocycles. The van der Waals surface area contributed by atoms with Crippen LogP contribution in [-0.4, -0.2) is 85.0 Å². The first-order chi connectivity index (χ1) is 12.6. The van der Waals surface area contributed by atoms with Crippen LogP contribution in [0.1, 0.15) is 38.2 Å². The molecule has 0 aliphatic carbocycles. The van der Waals surface area contributed by atoms with Crippen molar-refractivity contribution in [2.24, 2.45) is 4.99 Å². The summed E-state index contributed by atoms with van der Waals surface area (Å²) in [5, 5.41) is 3.38. The molecule has 0 saturated carbocycles. The van der Waals surface area contributed by atoms with Crippen LogP contribution in [0.25, 0.3) is 0 Å². The van der Waals surface area contributed by atoms with Gasteiger partial charge in [0.25, 0.3) is 5.91 Å². The zero-order valence-electron chi connectivity index (χ0n) is 16.6. The third kappa shape index (κ3) is 5.49. The number of amides is 1. The third-order valence-corrected chi connectivity index (χ3v) is 4.72. The van der Waals surface area contributed by atoms with Gasteiger partial charge in [0.05, 0.1) is 12.8 Å². The molecule has 7 nitrogen and oxygen atoms in total. The van der Waals surface area contributed by atoms with E-state index < -0.39 is 0 Å². The van der Waals surface area contributed by atoms with Gasteiger partial charge in [-0.1, -0.05) is 6.92 Å². The minimum Gasteiger partial charge on any atom is -0.459 e. The lowest BCUT2D eigenvalue weighted by Gasteiger charge is -2.36. The van der Waals surface area contributed by atoms with Crippen LogP contribution >= 0.6 is 0 Å². The SMILES string of the molecule is CCNC(=NCCN(CC)C(C)C)N1CCN(C(=O)c2ccco2)CC1. The molecule has 2 rings (SSSR count). The molecule has 26 heavy (non-hydrogen) atoms. The van der Waals surface area contributed by atoms with E-state index in [2.05, 4.69) is 42.8 Å². The van der Waals surface area contributed by atoms with Gasteiger partial charge in [-0.05, 0) is 39.4 Å². The summed E-state index contributed by atoms with van der Waals surface area (Å²) < 4.78 is 5.22. The Labute approximate surface area is 157 Å². The maximum absolute atomic E-state index is 12.4. The van der Waals surface area contributed by atoms with Crippen molar-refractivity contribution in [1.82, 2.24) is 20.0 Å². The number of hydrogen-bond donors (Lipinski definition) is 1. The standard InChI is InChI=1S/C19H33N5O2/c1-5-20-19(21-9-10-22(6-2)16(3)4)24-13-11-23(12-14-24)18(25)17-8-7-15-26-17/h7-8,15-16H,5-6,9-14H2,1-4H3,(H,20,21). The van der Waals surface area contributed by atoms with Gasteiger partial charge in [0.15, 0.2) is 11.7 Å². The van der Waals surface area contributed by atoms with E-state index >= 15 is 0 Å². The second kappa shape index (κ2) is 10.2. The zero-order valence-corrected chi connectivity index (χ0v) is 16.6. The number of carbonyl (C=O) groups is 1. The van der Waals surface area contributed by atoms with Crippen molar-refractivity contribution in [2.45, 2.75) is 33.7 Å². The van der Waals surface area contributed by atoms with E-state index in [1.807, 2.05) is 4.90 Å². The molecule has 0 radical (unpaired) electrons. The van der Waals surface area contributed by atoms with Crippen molar-refractivity contribution < 1.29 is 9.21 Å². The van der Waals surface area contributed by atoms with Gasteiger partial charge in [0.1, 0.15) is 0 Å². The fourth-order valence-corrected chi connectivity index (χ4v) is 3.17. The number of guanidine groups is 1. The number of likely N-dealkylation sites (N-methyl/N-ethyl adjacent to an activating group) is 1. The van der Waals surface area contributed by atoms with E-state index in [9.17, 15) is 4.79 Å². The molecule has 1 N–H and O–H groups in total.